The van der Waals surface area contributed by atoms with Crippen LogP contribution in [-0.2, 0) is 17.6 Å². The van der Waals surface area contributed by atoms with Gasteiger partial charge in [-0.2, -0.15) is 0 Å². The molecule has 1 amide bonds. The predicted octanol–water partition coefficient (Wildman–Crippen LogP) is 2.79. The van der Waals surface area contributed by atoms with E-state index in [1.165, 1.54) is 6.07 Å². The second-order valence-electron chi connectivity index (χ2n) is 5.01. The van der Waals surface area contributed by atoms with E-state index in [9.17, 15) is 9.18 Å². The Morgan fingerprint density at radius 3 is 3.05 bits per heavy atom. The maximum absolute atomic E-state index is 14.2. The molecule has 0 aromatic heterocycles. The molecule has 2 rings (SSSR count). The average molecular weight is 271 g/mol. The normalized spacial score (nSPS) is 25.3. The molecule has 2 unspecified atom stereocenters. The first kappa shape index (κ1) is 9.18. The molecule has 0 spiro atoms. The number of rotatable bonds is 2. The lowest BCUT2D eigenvalue weighted by molar-refractivity contribution is 0.0523. The second kappa shape index (κ2) is 5.07. The Balaban J connectivity index is 2.38. The average Bonchev–Trinajstić information content (AvgIpc) is 2.62. The third-order valence-electron chi connectivity index (χ3n) is 2.27. The summed E-state index contributed by atoms with van der Waals surface area (Å²) in [4.78, 5) is 11.8. The van der Waals surface area contributed by atoms with Gasteiger partial charge in [-0.25, -0.2) is 9.18 Å². The van der Waals surface area contributed by atoms with Gasteiger partial charge in [0.15, 0.2) is 0 Å². The van der Waals surface area contributed by atoms with Crippen LogP contribution in [-0.4, -0.2) is 18.3 Å². The molecule has 104 valence electrons. The van der Waals surface area contributed by atoms with Crippen molar-refractivity contribution in [3.63, 3.8) is 0 Å². The van der Waals surface area contributed by atoms with Gasteiger partial charge >= 0.3 is 6.09 Å². The van der Waals surface area contributed by atoms with E-state index in [-0.39, 0.29) is 11.3 Å². The van der Waals surface area contributed by atoms with E-state index >= 15 is 0 Å². The van der Waals surface area contributed by atoms with Gasteiger partial charge in [0.1, 0.15) is 17.2 Å². The Bertz CT molecular complexity index is 633. The van der Waals surface area contributed by atoms with Crippen molar-refractivity contribution in [3.8, 4) is 5.75 Å². The Hall–Kier alpha value is -1.78. The number of hydrogen-bond acceptors (Lipinski definition) is 3. The van der Waals surface area contributed by atoms with Crippen molar-refractivity contribution in [2.75, 3.05) is 6.58 Å². The Morgan fingerprint density at radius 2 is 2.37 bits per heavy atom. The monoisotopic (exact) mass is 271 g/mol. The molecule has 1 N–H and O–H groups in total. The molecular weight excluding hydrogens is 249 g/mol. The van der Waals surface area contributed by atoms with Crippen LogP contribution in [0.4, 0.5) is 9.18 Å². The highest BCUT2D eigenvalue weighted by atomic mass is 19.1. The Labute approximate surface area is 117 Å². The van der Waals surface area contributed by atoms with Crippen LogP contribution in [0.2, 0.25) is 0 Å². The highest BCUT2D eigenvalue weighted by Crippen LogP contribution is 2.30. The van der Waals surface area contributed by atoms with Gasteiger partial charge in [0.05, 0.1) is 10.7 Å². The minimum atomic E-state index is -2.62. The molecule has 0 aliphatic carbocycles. The molecule has 2 atom stereocenters. The van der Waals surface area contributed by atoms with Crippen molar-refractivity contribution in [3.05, 3.63) is 29.1 Å². The van der Waals surface area contributed by atoms with Crippen LogP contribution in [0, 0.1) is 5.82 Å². The number of fused-ring (bicyclic) bond motifs is 1. The van der Waals surface area contributed by atoms with Crippen LogP contribution in [0.15, 0.2) is 12.1 Å². The van der Waals surface area contributed by atoms with Crippen LogP contribution in [0.1, 0.15) is 37.4 Å². The summed E-state index contributed by atoms with van der Waals surface area (Å²) < 4.78 is 55.7. The Morgan fingerprint density at radius 1 is 1.63 bits per heavy atom. The summed E-state index contributed by atoms with van der Waals surface area (Å²) in [5.74, 6) is -0.865. The molecule has 1 aromatic carbocycles. The predicted molar refractivity (Wildman–Crippen MR) is 68.7 cm³/mol. The van der Waals surface area contributed by atoms with Gasteiger partial charge in [-0.3, -0.25) is 0 Å². The lowest BCUT2D eigenvalue weighted by atomic mass is 10.0. The second-order valence-corrected chi connectivity index (χ2v) is 5.01. The minimum Gasteiger partial charge on any atom is -0.493 e. The van der Waals surface area contributed by atoms with Crippen molar-refractivity contribution >= 4 is 6.09 Å². The first-order chi connectivity index (χ1) is 10.4. The van der Waals surface area contributed by atoms with Crippen LogP contribution in [0.3, 0.4) is 0 Å². The molecule has 5 heteroatoms. The maximum atomic E-state index is 14.2. The van der Waals surface area contributed by atoms with Gasteiger partial charge in [0.2, 0.25) is 0 Å². The van der Waals surface area contributed by atoms with Gasteiger partial charge in [0, 0.05) is 25.4 Å². The zero-order valence-corrected chi connectivity index (χ0v) is 10.9. The molecular formula is C14H18FNO3. The smallest absolute Gasteiger partial charge is 0.407 e. The van der Waals surface area contributed by atoms with E-state index in [1.807, 2.05) is 5.32 Å². The molecule has 0 fully saturated rings. The number of benzene rings is 1. The van der Waals surface area contributed by atoms with E-state index in [0.29, 0.717) is 0 Å². The summed E-state index contributed by atoms with van der Waals surface area (Å²) in [6, 6.07) is 2.22. The zero-order valence-electron chi connectivity index (χ0n) is 14.9. The largest absolute Gasteiger partial charge is 0.493 e. The van der Waals surface area contributed by atoms with Crippen molar-refractivity contribution in [2.45, 2.75) is 39.3 Å². The highest BCUT2D eigenvalue weighted by Gasteiger charge is 2.21. The van der Waals surface area contributed by atoms with Gasteiger partial charge in [0.25, 0.3) is 0 Å². The van der Waals surface area contributed by atoms with Crippen molar-refractivity contribution in [1.29, 1.82) is 0 Å². The fourth-order valence-corrected chi connectivity index (χ4v) is 1.56. The highest BCUT2D eigenvalue weighted by molar-refractivity contribution is 5.67. The summed E-state index contributed by atoms with van der Waals surface area (Å²) in [7, 11) is 0. The number of hydrogen-bond donors (Lipinski definition) is 1. The van der Waals surface area contributed by atoms with Gasteiger partial charge < -0.3 is 14.8 Å². The van der Waals surface area contributed by atoms with Crippen LogP contribution in [0.25, 0.3) is 0 Å². The number of carbonyl (C=O) groups excluding carboxylic acids is 1. The van der Waals surface area contributed by atoms with Crippen molar-refractivity contribution < 1.29 is 24.1 Å². The molecule has 0 bridgehead atoms. The number of halogens is 1. The summed E-state index contributed by atoms with van der Waals surface area (Å²) >= 11 is 0. The van der Waals surface area contributed by atoms with Crippen LogP contribution in [0.5, 0.6) is 5.75 Å². The number of carbonyl (C=O) groups is 1. The zero-order chi connectivity index (χ0) is 17.6. The van der Waals surface area contributed by atoms with Gasteiger partial charge in [-0.15, -0.1) is 0 Å². The molecule has 1 aromatic rings. The van der Waals surface area contributed by atoms with E-state index in [1.54, 1.807) is 20.8 Å². The van der Waals surface area contributed by atoms with Gasteiger partial charge in [-0.05, 0) is 32.9 Å². The van der Waals surface area contributed by atoms with Crippen LogP contribution >= 0.6 is 0 Å². The number of alkyl carbamates (subject to hydrolysis) is 1. The molecule has 19 heavy (non-hydrogen) atoms. The van der Waals surface area contributed by atoms with Crippen molar-refractivity contribution in [2.24, 2.45) is 0 Å². The molecule has 4 nitrogen and oxygen atoms in total. The summed E-state index contributed by atoms with van der Waals surface area (Å²) in [5, 5.41) is 1.97. The third kappa shape index (κ3) is 3.36. The van der Waals surface area contributed by atoms with E-state index in [2.05, 4.69) is 0 Å². The number of ether oxygens (including phenoxy) is 2. The van der Waals surface area contributed by atoms with E-state index in [4.69, 9.17) is 15.0 Å². The Kier molecular flexibility index (Phi) is 2.45. The summed E-state index contributed by atoms with van der Waals surface area (Å²) in [6.07, 6.45) is -2.33. The molecule has 1 heterocycles. The van der Waals surface area contributed by atoms with Crippen molar-refractivity contribution in [1.82, 2.24) is 5.32 Å². The van der Waals surface area contributed by atoms with E-state index in [0.717, 1.165) is 6.07 Å². The standard InChI is InChI=1S/C14H18FNO3/c1-14(2,3)19-13(17)16-8-10-9-6-7-18-12(9)5-4-11(10)15/h4-5H,6-8H2,1-3H3,(H,16,17)/i6D,7D,8D2. The topological polar surface area (TPSA) is 47.6 Å². The number of nitrogens with one attached hydrogen (secondary N) is 1. The molecule has 0 radical (unpaired) electrons. The van der Waals surface area contributed by atoms with Crippen LogP contribution < -0.4 is 10.1 Å². The molecule has 0 saturated carbocycles. The fourth-order valence-electron chi connectivity index (χ4n) is 1.56. The first-order valence-electron chi connectivity index (χ1n) is 7.93. The quantitative estimate of drug-likeness (QED) is 0.899. The fraction of sp³-hybridized carbons (Fsp3) is 0.500. The van der Waals surface area contributed by atoms with Gasteiger partial charge in [-0.1, -0.05) is 0 Å². The maximum Gasteiger partial charge on any atom is 0.407 e. The first-order valence-corrected chi connectivity index (χ1v) is 5.77. The third-order valence-corrected chi connectivity index (χ3v) is 2.27. The summed E-state index contributed by atoms with van der Waals surface area (Å²) in [6.45, 7) is 0.942. The SMILES string of the molecule is [2H]C1Oc2ccc(F)c(C([2H])([2H])NC(=O)OC(C)(C)C)c2C1[2H]. The molecule has 1 aliphatic heterocycles. The molecule has 1 aliphatic rings. The lowest BCUT2D eigenvalue weighted by Crippen LogP contribution is -2.32. The summed E-state index contributed by atoms with van der Waals surface area (Å²) in [5.41, 5.74) is -1.44. The molecule has 0 saturated heterocycles. The van der Waals surface area contributed by atoms with E-state index < -0.39 is 42.6 Å². The minimum absolute atomic E-state index is 0.0660. The lowest BCUT2D eigenvalue weighted by Gasteiger charge is -2.20. The number of amides is 1.